The lowest BCUT2D eigenvalue weighted by molar-refractivity contribution is 0.0695. The summed E-state index contributed by atoms with van der Waals surface area (Å²) < 4.78 is 5.44. The molecule has 3 rings (SSSR count). The van der Waals surface area contributed by atoms with Crippen LogP contribution in [0.4, 0.5) is 0 Å². The van der Waals surface area contributed by atoms with Crippen molar-refractivity contribution in [2.45, 2.75) is 12.8 Å². The Morgan fingerprint density at radius 3 is 2.61 bits per heavy atom. The first-order valence-electron chi connectivity index (χ1n) is 7.95. The van der Waals surface area contributed by atoms with Crippen molar-refractivity contribution in [1.29, 1.82) is 0 Å². The summed E-state index contributed by atoms with van der Waals surface area (Å²) in [6.07, 6.45) is 1.98. The molecule has 0 radical (unpaired) electrons. The fourth-order valence-electron chi connectivity index (χ4n) is 2.94. The summed E-state index contributed by atoms with van der Waals surface area (Å²) in [6, 6.07) is 12.0. The summed E-state index contributed by atoms with van der Waals surface area (Å²) >= 11 is 1.50. The zero-order chi connectivity index (χ0) is 16.2. The van der Waals surface area contributed by atoms with Gasteiger partial charge in [-0.1, -0.05) is 30.3 Å². The number of carbonyl (C=O) groups is 1. The topological polar surface area (TPSA) is 55.6 Å². The van der Waals surface area contributed by atoms with E-state index in [4.69, 9.17) is 10.5 Å². The third-order valence-electron chi connectivity index (χ3n) is 4.41. The summed E-state index contributed by atoms with van der Waals surface area (Å²) in [6.45, 7) is 2.27. The Labute approximate surface area is 140 Å². The molecule has 122 valence electrons. The Morgan fingerprint density at radius 1 is 1.30 bits per heavy atom. The first kappa shape index (κ1) is 16.0. The van der Waals surface area contributed by atoms with Gasteiger partial charge in [-0.05, 0) is 36.9 Å². The summed E-state index contributed by atoms with van der Waals surface area (Å²) in [5.74, 6) is 1.29. The maximum Gasteiger partial charge on any atom is 0.267 e. The first-order valence-corrected chi connectivity index (χ1v) is 8.77. The van der Waals surface area contributed by atoms with Gasteiger partial charge >= 0.3 is 0 Å². The van der Waals surface area contributed by atoms with Crippen LogP contribution in [-0.4, -0.2) is 37.6 Å². The number of piperidine rings is 1. The summed E-state index contributed by atoms with van der Waals surface area (Å²) in [4.78, 5) is 16.5. The van der Waals surface area contributed by atoms with Gasteiger partial charge in [0.2, 0.25) is 0 Å². The number of benzene rings is 1. The minimum absolute atomic E-state index is 0.0736. The average Bonchev–Trinajstić information content (AvgIpc) is 3.06. The van der Waals surface area contributed by atoms with E-state index in [0.717, 1.165) is 36.4 Å². The number of ether oxygens (including phenoxy) is 1. The van der Waals surface area contributed by atoms with Gasteiger partial charge in [0, 0.05) is 18.0 Å². The van der Waals surface area contributed by atoms with E-state index in [1.807, 2.05) is 41.3 Å². The van der Waals surface area contributed by atoms with Gasteiger partial charge in [0.05, 0.1) is 7.11 Å². The molecule has 1 aromatic carbocycles. The van der Waals surface area contributed by atoms with Crippen molar-refractivity contribution in [2.24, 2.45) is 11.7 Å². The molecule has 2 heterocycles. The summed E-state index contributed by atoms with van der Waals surface area (Å²) in [5.41, 5.74) is 6.84. The molecule has 0 unspecified atom stereocenters. The Hall–Kier alpha value is -1.85. The highest BCUT2D eigenvalue weighted by Crippen LogP contribution is 2.37. The highest BCUT2D eigenvalue weighted by atomic mass is 32.1. The quantitative estimate of drug-likeness (QED) is 0.936. The van der Waals surface area contributed by atoms with Crippen LogP contribution >= 0.6 is 11.3 Å². The van der Waals surface area contributed by atoms with Crippen molar-refractivity contribution in [3.63, 3.8) is 0 Å². The maximum absolute atomic E-state index is 12.8. The normalized spacial score (nSPS) is 15.7. The van der Waals surface area contributed by atoms with E-state index in [1.165, 1.54) is 11.3 Å². The molecule has 1 aliphatic heterocycles. The number of rotatable bonds is 4. The smallest absolute Gasteiger partial charge is 0.267 e. The number of nitrogens with zero attached hydrogens (tertiary/aromatic N) is 1. The van der Waals surface area contributed by atoms with Gasteiger partial charge in [-0.25, -0.2) is 0 Å². The van der Waals surface area contributed by atoms with E-state index in [-0.39, 0.29) is 5.91 Å². The lowest BCUT2D eigenvalue weighted by Gasteiger charge is -2.31. The van der Waals surface area contributed by atoms with Crippen LogP contribution in [0.5, 0.6) is 5.75 Å². The van der Waals surface area contributed by atoms with Crippen molar-refractivity contribution in [3.05, 3.63) is 41.3 Å². The fourth-order valence-corrected chi connectivity index (χ4v) is 4.03. The van der Waals surface area contributed by atoms with Crippen molar-refractivity contribution in [3.8, 4) is 16.2 Å². The Bertz CT molecular complexity index is 661. The van der Waals surface area contributed by atoms with E-state index in [0.29, 0.717) is 23.1 Å². The van der Waals surface area contributed by atoms with Crippen LogP contribution in [0.25, 0.3) is 10.4 Å². The molecule has 0 spiro atoms. The predicted octanol–water partition coefficient (Wildman–Crippen LogP) is 3.23. The molecule has 5 heteroatoms. The number of amides is 1. The third-order valence-corrected chi connectivity index (χ3v) is 5.56. The van der Waals surface area contributed by atoms with Crippen molar-refractivity contribution < 1.29 is 9.53 Å². The molecular weight excluding hydrogens is 308 g/mol. The first-order chi connectivity index (χ1) is 11.2. The van der Waals surface area contributed by atoms with Gasteiger partial charge in [0.15, 0.2) is 0 Å². The van der Waals surface area contributed by atoms with Crippen LogP contribution in [0, 0.1) is 5.92 Å². The highest BCUT2D eigenvalue weighted by Gasteiger charge is 2.26. The molecule has 1 fully saturated rings. The van der Waals surface area contributed by atoms with E-state index < -0.39 is 0 Å². The molecule has 1 aliphatic rings. The van der Waals surface area contributed by atoms with Crippen LogP contribution in [-0.2, 0) is 0 Å². The largest absolute Gasteiger partial charge is 0.495 e. The van der Waals surface area contributed by atoms with E-state index in [9.17, 15) is 4.79 Å². The molecule has 2 aromatic rings. The lowest BCUT2D eigenvalue weighted by Crippen LogP contribution is -2.39. The van der Waals surface area contributed by atoms with Crippen molar-refractivity contribution in [1.82, 2.24) is 4.90 Å². The lowest BCUT2D eigenvalue weighted by atomic mass is 9.97. The molecule has 0 saturated carbocycles. The standard InChI is InChI=1S/C18H22N2O2S/c1-22-15-11-16(14-5-3-2-4-6-14)23-17(15)18(21)20-9-7-13(12-19)8-10-20/h2-6,11,13H,7-10,12,19H2,1H3. The molecule has 1 amide bonds. The van der Waals surface area contributed by atoms with Crippen LogP contribution in [0.2, 0.25) is 0 Å². The fraction of sp³-hybridized carbons (Fsp3) is 0.389. The molecule has 4 nitrogen and oxygen atoms in total. The van der Waals surface area contributed by atoms with Crippen LogP contribution in [0.15, 0.2) is 36.4 Å². The van der Waals surface area contributed by atoms with Gasteiger partial charge in [0.25, 0.3) is 5.91 Å². The minimum Gasteiger partial charge on any atom is -0.495 e. The number of methoxy groups -OCH3 is 1. The SMILES string of the molecule is COc1cc(-c2ccccc2)sc1C(=O)N1CCC(CN)CC1. The van der Waals surface area contributed by atoms with E-state index >= 15 is 0 Å². The van der Waals surface area contributed by atoms with E-state index in [1.54, 1.807) is 7.11 Å². The molecule has 0 atom stereocenters. The van der Waals surface area contributed by atoms with Gasteiger partial charge in [-0.2, -0.15) is 0 Å². The Balaban J connectivity index is 1.82. The van der Waals surface area contributed by atoms with Crippen LogP contribution in [0.3, 0.4) is 0 Å². The molecule has 2 N–H and O–H groups in total. The second-order valence-electron chi connectivity index (χ2n) is 5.85. The number of thiophene rings is 1. The number of carbonyl (C=O) groups excluding carboxylic acids is 1. The minimum atomic E-state index is 0.0736. The predicted molar refractivity (Wildman–Crippen MR) is 94.0 cm³/mol. The number of nitrogens with two attached hydrogens (primary N) is 1. The molecule has 0 aliphatic carbocycles. The monoisotopic (exact) mass is 330 g/mol. The number of hydrogen-bond donors (Lipinski definition) is 1. The average molecular weight is 330 g/mol. The highest BCUT2D eigenvalue weighted by molar-refractivity contribution is 7.17. The Morgan fingerprint density at radius 2 is 2.00 bits per heavy atom. The van der Waals surface area contributed by atoms with Gasteiger partial charge in [0.1, 0.15) is 10.6 Å². The second kappa shape index (κ2) is 7.15. The van der Waals surface area contributed by atoms with Crippen LogP contribution in [0.1, 0.15) is 22.5 Å². The zero-order valence-electron chi connectivity index (χ0n) is 13.3. The molecule has 1 aromatic heterocycles. The maximum atomic E-state index is 12.8. The van der Waals surface area contributed by atoms with Gasteiger partial charge in [-0.15, -0.1) is 11.3 Å². The Kier molecular flexibility index (Phi) is 4.98. The molecule has 1 saturated heterocycles. The van der Waals surface area contributed by atoms with Crippen molar-refractivity contribution >= 4 is 17.2 Å². The summed E-state index contributed by atoms with van der Waals surface area (Å²) in [7, 11) is 1.62. The van der Waals surface area contributed by atoms with Crippen LogP contribution < -0.4 is 10.5 Å². The molecule has 0 bridgehead atoms. The summed E-state index contributed by atoms with van der Waals surface area (Å²) in [5, 5.41) is 0. The van der Waals surface area contributed by atoms with Gasteiger partial charge < -0.3 is 15.4 Å². The van der Waals surface area contributed by atoms with Crippen molar-refractivity contribution in [2.75, 3.05) is 26.7 Å². The van der Waals surface area contributed by atoms with E-state index in [2.05, 4.69) is 0 Å². The number of hydrogen-bond acceptors (Lipinski definition) is 4. The van der Waals surface area contributed by atoms with Gasteiger partial charge in [-0.3, -0.25) is 4.79 Å². The number of likely N-dealkylation sites (tertiary alicyclic amines) is 1. The zero-order valence-corrected chi connectivity index (χ0v) is 14.1. The molecule has 23 heavy (non-hydrogen) atoms. The third kappa shape index (κ3) is 3.41. The molecular formula is C18H22N2O2S. The second-order valence-corrected chi connectivity index (χ2v) is 6.90.